The molecule has 1 fully saturated rings. The standard InChI is InChI=1S/C27H30N2O5/c1-17(2)16-34-19-11-9-18(10-12-19)25(30)23-24(29(13-14-33-4)27(32)26(23)31)21-15-28(3)22-8-6-5-7-20(21)22/h5-12,15,17,24,30H,13-14,16H2,1-4H3/b25-23+. The van der Waals surface area contributed by atoms with E-state index >= 15 is 0 Å². The number of amides is 1. The fourth-order valence-electron chi connectivity index (χ4n) is 4.34. The maximum absolute atomic E-state index is 13.2. The van der Waals surface area contributed by atoms with E-state index in [4.69, 9.17) is 9.47 Å². The quantitative estimate of drug-likeness (QED) is 0.307. The molecule has 1 aliphatic heterocycles. The number of ketones is 1. The Bertz CT molecular complexity index is 1240. The zero-order chi connectivity index (χ0) is 24.4. The number of nitrogens with zero attached hydrogens (tertiary/aromatic N) is 2. The summed E-state index contributed by atoms with van der Waals surface area (Å²) < 4.78 is 12.9. The van der Waals surface area contributed by atoms with Crippen LogP contribution in [0, 0.1) is 5.92 Å². The van der Waals surface area contributed by atoms with E-state index in [1.54, 1.807) is 31.4 Å². The molecule has 2 aromatic carbocycles. The summed E-state index contributed by atoms with van der Waals surface area (Å²) in [4.78, 5) is 27.7. The third-order valence-electron chi connectivity index (χ3n) is 6.01. The number of aliphatic hydroxyl groups is 1. The fraction of sp³-hybridized carbons (Fsp3) is 0.333. The van der Waals surface area contributed by atoms with Gasteiger partial charge in [0.05, 0.1) is 24.8 Å². The van der Waals surface area contributed by atoms with E-state index in [0.717, 1.165) is 16.5 Å². The van der Waals surface area contributed by atoms with Crippen molar-refractivity contribution in [2.24, 2.45) is 13.0 Å². The minimum Gasteiger partial charge on any atom is -0.507 e. The molecule has 7 heteroatoms. The van der Waals surface area contributed by atoms with Gasteiger partial charge >= 0.3 is 0 Å². The summed E-state index contributed by atoms with van der Waals surface area (Å²) in [5.74, 6) is -0.486. The second kappa shape index (κ2) is 9.73. The molecule has 1 amide bonds. The Labute approximate surface area is 199 Å². The van der Waals surface area contributed by atoms with E-state index in [0.29, 0.717) is 23.8 Å². The van der Waals surface area contributed by atoms with Gasteiger partial charge in [-0.15, -0.1) is 0 Å². The topological polar surface area (TPSA) is 81.0 Å². The first-order valence-electron chi connectivity index (χ1n) is 11.4. The number of aliphatic hydroxyl groups excluding tert-OH is 1. The summed E-state index contributed by atoms with van der Waals surface area (Å²) in [6, 6.07) is 14.0. The van der Waals surface area contributed by atoms with Crippen LogP contribution in [-0.2, 0) is 21.4 Å². The van der Waals surface area contributed by atoms with Crippen LogP contribution in [0.4, 0.5) is 0 Å². The minimum absolute atomic E-state index is 0.0771. The maximum atomic E-state index is 13.2. The van der Waals surface area contributed by atoms with Crippen molar-refractivity contribution in [1.82, 2.24) is 9.47 Å². The molecular weight excluding hydrogens is 432 g/mol. The smallest absolute Gasteiger partial charge is 0.295 e. The molecule has 0 aliphatic carbocycles. The molecule has 34 heavy (non-hydrogen) atoms. The van der Waals surface area contributed by atoms with E-state index in [1.165, 1.54) is 4.90 Å². The van der Waals surface area contributed by atoms with Gasteiger partial charge in [-0.1, -0.05) is 32.0 Å². The number of aryl methyl sites for hydroxylation is 1. The van der Waals surface area contributed by atoms with Crippen molar-refractivity contribution in [3.63, 3.8) is 0 Å². The van der Waals surface area contributed by atoms with Gasteiger partial charge < -0.3 is 24.0 Å². The lowest BCUT2D eigenvalue weighted by Crippen LogP contribution is -2.32. The van der Waals surface area contributed by atoms with Gasteiger partial charge in [0.1, 0.15) is 11.5 Å². The number of aromatic nitrogens is 1. The summed E-state index contributed by atoms with van der Waals surface area (Å²) in [7, 11) is 3.47. The molecule has 1 aromatic heterocycles. The number of methoxy groups -OCH3 is 1. The van der Waals surface area contributed by atoms with Crippen LogP contribution in [0.3, 0.4) is 0 Å². The van der Waals surface area contributed by atoms with Crippen LogP contribution in [0.5, 0.6) is 5.75 Å². The molecule has 7 nitrogen and oxygen atoms in total. The molecule has 1 unspecified atom stereocenters. The number of carbonyl (C=O) groups is 2. The molecule has 0 bridgehead atoms. The van der Waals surface area contributed by atoms with Crippen LogP contribution < -0.4 is 4.74 Å². The Kier molecular flexibility index (Phi) is 6.75. The van der Waals surface area contributed by atoms with E-state index < -0.39 is 17.7 Å². The van der Waals surface area contributed by atoms with E-state index in [9.17, 15) is 14.7 Å². The van der Waals surface area contributed by atoms with Gasteiger partial charge in [0.2, 0.25) is 0 Å². The Morgan fingerprint density at radius 1 is 1.09 bits per heavy atom. The summed E-state index contributed by atoms with van der Waals surface area (Å²) in [5.41, 5.74) is 2.29. The number of rotatable bonds is 8. The highest BCUT2D eigenvalue weighted by atomic mass is 16.5. The second-order valence-electron chi connectivity index (χ2n) is 8.93. The van der Waals surface area contributed by atoms with Gasteiger partial charge in [-0.25, -0.2) is 0 Å². The average Bonchev–Trinajstić information content (AvgIpc) is 3.29. The molecule has 4 rings (SSSR count). The first-order valence-corrected chi connectivity index (χ1v) is 11.4. The molecule has 0 radical (unpaired) electrons. The third kappa shape index (κ3) is 4.31. The van der Waals surface area contributed by atoms with Crippen LogP contribution in [0.25, 0.3) is 16.7 Å². The highest BCUT2D eigenvalue weighted by Gasteiger charge is 2.46. The lowest BCUT2D eigenvalue weighted by Gasteiger charge is -2.24. The van der Waals surface area contributed by atoms with Crippen molar-refractivity contribution in [3.05, 3.63) is 71.4 Å². The monoisotopic (exact) mass is 462 g/mol. The molecule has 0 spiro atoms. The number of ether oxygens (including phenoxy) is 2. The van der Waals surface area contributed by atoms with Crippen molar-refractivity contribution in [1.29, 1.82) is 0 Å². The van der Waals surface area contributed by atoms with Crippen LogP contribution >= 0.6 is 0 Å². The van der Waals surface area contributed by atoms with Gasteiger partial charge in [0, 0.05) is 48.9 Å². The molecule has 0 saturated carbocycles. The third-order valence-corrected chi connectivity index (χ3v) is 6.01. The van der Waals surface area contributed by atoms with Crippen molar-refractivity contribution < 1.29 is 24.2 Å². The molecular formula is C27H30N2O5. The number of Topliss-reactive ketones (excluding diaryl/α,β-unsaturated/α-hetero) is 1. The zero-order valence-electron chi connectivity index (χ0n) is 19.9. The molecule has 2 heterocycles. The van der Waals surface area contributed by atoms with Crippen LogP contribution in [-0.4, -0.2) is 53.1 Å². The average molecular weight is 463 g/mol. The number of carbonyl (C=O) groups excluding carboxylic acids is 2. The number of fused-ring (bicyclic) bond motifs is 1. The number of para-hydroxylation sites is 1. The van der Waals surface area contributed by atoms with Gasteiger partial charge in [0.25, 0.3) is 11.7 Å². The Hall–Kier alpha value is -3.58. The molecule has 1 N–H and O–H groups in total. The summed E-state index contributed by atoms with van der Waals surface area (Å²) in [6.07, 6.45) is 1.91. The second-order valence-corrected chi connectivity index (χ2v) is 8.93. The van der Waals surface area contributed by atoms with Gasteiger partial charge in [-0.2, -0.15) is 0 Å². The summed E-state index contributed by atoms with van der Waals surface area (Å²) >= 11 is 0. The molecule has 3 aromatic rings. The van der Waals surface area contributed by atoms with Crippen molar-refractivity contribution in [3.8, 4) is 5.75 Å². The number of hydrogen-bond donors (Lipinski definition) is 1. The normalized spacial score (nSPS) is 17.8. The Morgan fingerprint density at radius 2 is 1.79 bits per heavy atom. The number of hydrogen-bond acceptors (Lipinski definition) is 5. The summed E-state index contributed by atoms with van der Waals surface area (Å²) in [5, 5.41) is 12.2. The highest BCUT2D eigenvalue weighted by Crippen LogP contribution is 2.42. The first-order chi connectivity index (χ1) is 16.3. The van der Waals surface area contributed by atoms with E-state index in [1.807, 2.05) is 42.1 Å². The first kappa shape index (κ1) is 23.6. The lowest BCUT2D eigenvalue weighted by molar-refractivity contribution is -0.140. The fourth-order valence-corrected chi connectivity index (χ4v) is 4.34. The van der Waals surface area contributed by atoms with Crippen LogP contribution in [0.2, 0.25) is 0 Å². The Morgan fingerprint density at radius 3 is 2.47 bits per heavy atom. The number of benzene rings is 2. The van der Waals surface area contributed by atoms with Crippen molar-refractivity contribution in [2.75, 3.05) is 26.9 Å². The van der Waals surface area contributed by atoms with E-state index in [-0.39, 0.29) is 24.5 Å². The largest absolute Gasteiger partial charge is 0.507 e. The SMILES string of the molecule is COCCN1C(=O)C(=O)/C(=C(/O)c2ccc(OCC(C)C)cc2)C1c1cn(C)c2ccccc12. The van der Waals surface area contributed by atoms with Crippen LogP contribution in [0.15, 0.2) is 60.3 Å². The predicted octanol–water partition coefficient (Wildman–Crippen LogP) is 4.28. The van der Waals surface area contributed by atoms with E-state index in [2.05, 4.69) is 13.8 Å². The maximum Gasteiger partial charge on any atom is 0.295 e. The molecule has 1 atom stereocenters. The summed E-state index contributed by atoms with van der Waals surface area (Å²) in [6.45, 7) is 5.22. The van der Waals surface area contributed by atoms with Crippen molar-refractivity contribution in [2.45, 2.75) is 19.9 Å². The highest BCUT2D eigenvalue weighted by molar-refractivity contribution is 6.46. The van der Waals surface area contributed by atoms with Crippen molar-refractivity contribution >= 4 is 28.4 Å². The predicted molar refractivity (Wildman–Crippen MR) is 131 cm³/mol. The number of likely N-dealkylation sites (tertiary alicyclic amines) is 1. The molecule has 178 valence electrons. The Balaban J connectivity index is 1.82. The lowest BCUT2D eigenvalue weighted by atomic mass is 9.95. The molecule has 1 saturated heterocycles. The van der Waals surface area contributed by atoms with Gasteiger partial charge in [0.15, 0.2) is 0 Å². The van der Waals surface area contributed by atoms with Crippen LogP contribution in [0.1, 0.15) is 31.0 Å². The zero-order valence-corrected chi connectivity index (χ0v) is 19.9. The molecule has 1 aliphatic rings. The van der Waals surface area contributed by atoms with Gasteiger partial charge in [-0.3, -0.25) is 9.59 Å². The van der Waals surface area contributed by atoms with Gasteiger partial charge in [-0.05, 0) is 36.2 Å². The minimum atomic E-state index is -0.724.